The van der Waals surface area contributed by atoms with Crippen molar-refractivity contribution in [3.63, 3.8) is 0 Å². The molecule has 0 saturated heterocycles. The van der Waals surface area contributed by atoms with Crippen LogP contribution in [0.3, 0.4) is 0 Å². The zero-order chi connectivity index (χ0) is 33.7. The van der Waals surface area contributed by atoms with Crippen LogP contribution in [-0.4, -0.2) is 0 Å². The lowest BCUT2D eigenvalue weighted by Crippen LogP contribution is -2.17. The minimum atomic E-state index is 1.10. The van der Waals surface area contributed by atoms with Gasteiger partial charge >= 0.3 is 0 Å². The lowest BCUT2D eigenvalue weighted by atomic mass is 10.0. The van der Waals surface area contributed by atoms with Crippen molar-refractivity contribution in [2.45, 2.75) is 0 Å². The Morgan fingerprint density at radius 2 is 0.843 bits per heavy atom. The van der Waals surface area contributed by atoms with E-state index < -0.39 is 0 Å². The van der Waals surface area contributed by atoms with Gasteiger partial charge in [-0.2, -0.15) is 0 Å². The van der Waals surface area contributed by atoms with Gasteiger partial charge in [-0.15, -0.1) is 11.3 Å². The number of rotatable bonds is 6. The Morgan fingerprint density at radius 1 is 0.333 bits per heavy atom. The Morgan fingerprint density at radius 3 is 1.49 bits per heavy atom. The molecule has 0 N–H and O–H groups in total. The number of hydrogen-bond donors (Lipinski definition) is 0. The van der Waals surface area contributed by atoms with Crippen molar-refractivity contribution in [1.82, 2.24) is 0 Å². The molecular weight excluding hydrogens is 637 g/mol. The minimum absolute atomic E-state index is 1.10. The van der Waals surface area contributed by atoms with E-state index in [-0.39, 0.29) is 0 Å². The predicted octanol–water partition coefficient (Wildman–Crippen LogP) is 14.5. The van der Waals surface area contributed by atoms with Gasteiger partial charge in [-0.3, -0.25) is 0 Å². The first-order chi connectivity index (χ1) is 25.3. The van der Waals surface area contributed by atoms with Crippen LogP contribution in [0, 0.1) is 0 Å². The molecule has 1 heterocycles. The average molecular weight is 669 g/mol. The second-order valence-corrected chi connectivity index (χ2v) is 14.0. The molecule has 0 aliphatic heterocycles. The molecule has 10 aromatic rings. The molecule has 9 aromatic carbocycles. The van der Waals surface area contributed by atoms with E-state index in [1.165, 1.54) is 52.5 Å². The van der Waals surface area contributed by atoms with Crippen molar-refractivity contribution in [3.8, 4) is 0 Å². The second-order valence-electron chi connectivity index (χ2n) is 13.0. The van der Waals surface area contributed by atoms with Gasteiger partial charge in [-0.1, -0.05) is 133 Å². The Balaban J connectivity index is 1.35. The van der Waals surface area contributed by atoms with Crippen LogP contribution in [0.1, 0.15) is 0 Å². The molecule has 1 aromatic heterocycles. The van der Waals surface area contributed by atoms with Gasteiger partial charge in [0.25, 0.3) is 0 Å². The Labute approximate surface area is 300 Å². The highest BCUT2D eigenvalue weighted by Crippen LogP contribution is 2.53. The highest BCUT2D eigenvalue weighted by molar-refractivity contribution is 7.26. The molecule has 240 valence electrons. The van der Waals surface area contributed by atoms with Crippen LogP contribution in [0.2, 0.25) is 0 Å². The number of para-hydroxylation sites is 2. The highest BCUT2D eigenvalue weighted by atomic mass is 32.1. The molecule has 0 bridgehead atoms. The molecule has 51 heavy (non-hydrogen) atoms. The predicted molar refractivity (Wildman–Crippen MR) is 221 cm³/mol. The molecule has 0 aliphatic carbocycles. The Kier molecular flexibility index (Phi) is 7.04. The van der Waals surface area contributed by atoms with Crippen molar-refractivity contribution in [3.05, 3.63) is 194 Å². The van der Waals surface area contributed by atoms with E-state index in [4.69, 9.17) is 0 Å². The first kappa shape index (κ1) is 29.5. The summed E-state index contributed by atoms with van der Waals surface area (Å²) in [4.78, 5) is 4.90. The molecule has 0 spiro atoms. The molecule has 0 saturated carbocycles. The zero-order valence-corrected chi connectivity index (χ0v) is 28.6. The maximum absolute atomic E-state index is 2.47. The van der Waals surface area contributed by atoms with E-state index in [0.717, 1.165) is 34.1 Å². The number of anilines is 6. The van der Waals surface area contributed by atoms with Crippen LogP contribution >= 0.6 is 11.3 Å². The van der Waals surface area contributed by atoms with E-state index in [1.807, 2.05) is 11.3 Å². The van der Waals surface area contributed by atoms with Crippen LogP contribution in [-0.2, 0) is 0 Å². The minimum Gasteiger partial charge on any atom is -0.308 e. The molecule has 0 atom stereocenters. The fourth-order valence-electron chi connectivity index (χ4n) is 7.60. The normalized spacial score (nSPS) is 11.5. The molecule has 10 rings (SSSR count). The van der Waals surface area contributed by atoms with Crippen LogP contribution in [0.4, 0.5) is 34.1 Å². The van der Waals surface area contributed by atoms with Crippen LogP contribution in [0.25, 0.3) is 52.5 Å². The summed E-state index contributed by atoms with van der Waals surface area (Å²) in [5, 5.41) is 9.98. The summed E-state index contributed by atoms with van der Waals surface area (Å²) in [5.74, 6) is 0. The summed E-state index contributed by atoms with van der Waals surface area (Å²) < 4.78 is 2.53. The number of thiophene rings is 1. The van der Waals surface area contributed by atoms with Crippen LogP contribution in [0.5, 0.6) is 0 Å². The largest absolute Gasteiger partial charge is 0.308 e. The standard InChI is InChI=1S/C48H32N2S/c1-3-18-38(19-4-1)49(40-26-23-33-13-7-9-16-36(33)31-40)44-29-28-43-46-42-22-12-11-15-35(42)25-30-45(46)51-48(43)47(44)50(39-20-5-2-6-21-39)41-27-24-34-14-8-10-17-37(34)32-41/h1-32H. The Bertz CT molecular complexity index is 2880. The molecule has 2 nitrogen and oxygen atoms in total. The maximum atomic E-state index is 2.47. The summed E-state index contributed by atoms with van der Waals surface area (Å²) >= 11 is 1.88. The first-order valence-corrected chi connectivity index (χ1v) is 18.2. The van der Waals surface area contributed by atoms with E-state index in [2.05, 4.69) is 204 Å². The van der Waals surface area contributed by atoms with Crippen LogP contribution in [0.15, 0.2) is 194 Å². The molecule has 0 fully saturated rings. The average Bonchev–Trinajstić information content (AvgIpc) is 3.59. The number of benzene rings is 9. The van der Waals surface area contributed by atoms with Crippen molar-refractivity contribution in [2.75, 3.05) is 9.80 Å². The van der Waals surface area contributed by atoms with Crippen molar-refractivity contribution in [1.29, 1.82) is 0 Å². The van der Waals surface area contributed by atoms with Gasteiger partial charge in [-0.25, -0.2) is 0 Å². The van der Waals surface area contributed by atoms with Gasteiger partial charge in [0, 0.05) is 38.2 Å². The third-order valence-electron chi connectivity index (χ3n) is 9.96. The van der Waals surface area contributed by atoms with Gasteiger partial charge in [0.05, 0.1) is 16.1 Å². The summed E-state index contributed by atoms with van der Waals surface area (Å²) in [6.45, 7) is 0. The van der Waals surface area contributed by atoms with Crippen molar-refractivity contribution < 1.29 is 0 Å². The first-order valence-electron chi connectivity index (χ1n) is 17.4. The van der Waals surface area contributed by atoms with Gasteiger partial charge < -0.3 is 9.80 Å². The maximum Gasteiger partial charge on any atom is 0.0883 e. The van der Waals surface area contributed by atoms with Gasteiger partial charge in [0.2, 0.25) is 0 Å². The second kappa shape index (κ2) is 12.2. The quantitative estimate of drug-likeness (QED) is 0.174. The SMILES string of the molecule is c1ccc(N(c2ccc3ccccc3c2)c2ccc3c(sc4ccc5ccccc5c43)c2N(c2ccccc2)c2ccc3ccccc3c2)cc1. The smallest absolute Gasteiger partial charge is 0.0883 e. The van der Waals surface area contributed by atoms with Crippen molar-refractivity contribution in [2.24, 2.45) is 0 Å². The Hall–Kier alpha value is -6.42. The topological polar surface area (TPSA) is 6.48 Å². The molecule has 0 radical (unpaired) electrons. The summed E-state index contributed by atoms with van der Waals surface area (Å²) in [6.07, 6.45) is 0. The number of nitrogens with zero attached hydrogens (tertiary/aromatic N) is 2. The van der Waals surface area contributed by atoms with Gasteiger partial charge in [-0.05, 0) is 93.0 Å². The molecule has 0 aliphatic rings. The highest BCUT2D eigenvalue weighted by Gasteiger charge is 2.27. The van der Waals surface area contributed by atoms with Crippen molar-refractivity contribution >= 4 is 98.0 Å². The van der Waals surface area contributed by atoms with E-state index in [1.54, 1.807) is 0 Å². The van der Waals surface area contributed by atoms with E-state index in [9.17, 15) is 0 Å². The van der Waals surface area contributed by atoms with E-state index in [0.29, 0.717) is 0 Å². The lowest BCUT2D eigenvalue weighted by Gasteiger charge is -2.34. The number of hydrogen-bond acceptors (Lipinski definition) is 3. The van der Waals surface area contributed by atoms with Gasteiger partial charge in [0.1, 0.15) is 0 Å². The summed E-state index contributed by atoms with van der Waals surface area (Å²) in [5.41, 5.74) is 6.69. The summed E-state index contributed by atoms with van der Waals surface area (Å²) in [7, 11) is 0. The fourth-order valence-corrected chi connectivity index (χ4v) is 8.85. The molecule has 0 unspecified atom stereocenters. The molecular formula is C48H32N2S. The molecule has 0 amide bonds. The van der Waals surface area contributed by atoms with Crippen LogP contribution < -0.4 is 9.80 Å². The fraction of sp³-hybridized carbons (Fsp3) is 0. The third-order valence-corrected chi connectivity index (χ3v) is 11.1. The molecule has 3 heteroatoms. The summed E-state index contributed by atoms with van der Waals surface area (Å²) in [6, 6.07) is 70.5. The van der Waals surface area contributed by atoms with E-state index >= 15 is 0 Å². The number of fused-ring (bicyclic) bond motifs is 7. The third kappa shape index (κ3) is 5.01. The van der Waals surface area contributed by atoms with Gasteiger partial charge in [0.15, 0.2) is 0 Å². The zero-order valence-electron chi connectivity index (χ0n) is 27.8. The lowest BCUT2D eigenvalue weighted by molar-refractivity contribution is 1.24. The monoisotopic (exact) mass is 668 g/mol.